The van der Waals surface area contributed by atoms with E-state index in [4.69, 9.17) is 13.9 Å². The van der Waals surface area contributed by atoms with Gasteiger partial charge in [-0.15, -0.1) is 0 Å². The molecule has 0 spiro atoms. The first-order chi connectivity index (χ1) is 17.8. The smallest absolute Gasteiger partial charge is 0.296 e. The minimum absolute atomic E-state index is 0.0395. The maximum absolute atomic E-state index is 13.4. The van der Waals surface area contributed by atoms with Gasteiger partial charge >= 0.3 is 0 Å². The Balaban J connectivity index is 1.71. The Morgan fingerprint density at radius 1 is 1.14 bits per heavy atom. The number of ether oxygens (including phenoxy) is 2. The molecule has 1 N–H and O–H groups in total. The number of hydrogen-bond acceptors (Lipinski definition) is 7. The van der Waals surface area contributed by atoms with Crippen LogP contribution in [0.2, 0.25) is 0 Å². The predicted octanol–water partition coefficient (Wildman–Crippen LogP) is 4.57. The van der Waals surface area contributed by atoms with Crippen LogP contribution < -0.4 is 9.47 Å². The lowest BCUT2D eigenvalue weighted by Gasteiger charge is -2.25. The number of carbonyl (C=O) groups is 2. The van der Waals surface area contributed by atoms with Crippen molar-refractivity contribution < 1.29 is 28.6 Å². The molecule has 4 aromatic rings. The number of pyridine rings is 1. The van der Waals surface area contributed by atoms with E-state index in [2.05, 4.69) is 4.98 Å². The molecule has 0 bridgehead atoms. The molecule has 4 heterocycles. The zero-order chi connectivity index (χ0) is 26.3. The molecule has 1 unspecified atom stereocenters. The Bertz CT molecular complexity index is 1530. The first kappa shape index (κ1) is 24.2. The van der Waals surface area contributed by atoms with Crippen molar-refractivity contribution in [2.75, 3.05) is 13.7 Å². The number of aliphatic hydroxyl groups excluding tert-OH is 1. The summed E-state index contributed by atoms with van der Waals surface area (Å²) < 4.78 is 18.5. The number of carbonyl (C=O) groups excluding carboxylic acids is 2. The molecule has 9 nitrogen and oxygen atoms in total. The number of imidazole rings is 1. The molecule has 1 amide bonds. The Labute approximate surface area is 213 Å². The third-order valence-electron chi connectivity index (χ3n) is 6.56. The molecule has 1 aliphatic rings. The van der Waals surface area contributed by atoms with Gasteiger partial charge < -0.3 is 28.3 Å². The number of furan rings is 1. The number of Topliss-reactive ketones (excluding diaryl/α,β-unsaturated/α-hetero) is 1. The Kier molecular flexibility index (Phi) is 6.20. The fourth-order valence-electron chi connectivity index (χ4n) is 4.76. The molecule has 1 aliphatic heterocycles. The average molecular weight is 502 g/mol. The van der Waals surface area contributed by atoms with Gasteiger partial charge in [0.25, 0.3) is 11.7 Å². The van der Waals surface area contributed by atoms with Crippen molar-refractivity contribution in [3.8, 4) is 11.5 Å². The quantitative estimate of drug-likeness (QED) is 0.225. The van der Waals surface area contributed by atoms with Crippen molar-refractivity contribution in [3.63, 3.8) is 0 Å². The molecule has 1 aromatic carbocycles. The Hall–Kier alpha value is -4.53. The molecule has 9 heteroatoms. The number of aromatic nitrogens is 2. The molecular weight excluding hydrogens is 474 g/mol. The Morgan fingerprint density at radius 2 is 1.95 bits per heavy atom. The monoisotopic (exact) mass is 501 g/mol. The second kappa shape index (κ2) is 9.50. The third kappa shape index (κ3) is 4.02. The summed E-state index contributed by atoms with van der Waals surface area (Å²) in [6.07, 6.45) is 3.34. The summed E-state index contributed by atoms with van der Waals surface area (Å²) in [5.41, 5.74) is 2.99. The molecule has 1 saturated heterocycles. The molecule has 5 rings (SSSR count). The summed E-state index contributed by atoms with van der Waals surface area (Å²) in [4.78, 5) is 32.7. The second-order valence-corrected chi connectivity index (χ2v) is 8.78. The van der Waals surface area contributed by atoms with Gasteiger partial charge in [-0.2, -0.15) is 0 Å². The lowest BCUT2D eigenvalue weighted by atomic mass is 9.96. The standard InChI is InChI=1S/C28H27N3O6/c1-5-36-20-11-10-18(14-21(20)35-4)24-22(26(33)28(34)31(24)15-19-9-7-13-37-19)25(32)23-17(3)30-12-6-8-16(2)27(30)29-23/h6-14,24,32H,5,15H2,1-4H3. The number of ketones is 1. The highest BCUT2D eigenvalue weighted by Gasteiger charge is 2.47. The molecule has 1 atom stereocenters. The van der Waals surface area contributed by atoms with E-state index in [9.17, 15) is 14.7 Å². The van der Waals surface area contributed by atoms with Crippen LogP contribution in [0.1, 0.15) is 41.2 Å². The molecule has 190 valence electrons. The van der Waals surface area contributed by atoms with Gasteiger partial charge in [0.15, 0.2) is 17.3 Å². The van der Waals surface area contributed by atoms with Gasteiger partial charge in [-0.25, -0.2) is 4.98 Å². The summed E-state index contributed by atoms with van der Waals surface area (Å²) in [7, 11) is 1.52. The summed E-state index contributed by atoms with van der Waals surface area (Å²) >= 11 is 0. The van der Waals surface area contributed by atoms with Crippen LogP contribution in [0.25, 0.3) is 11.4 Å². The van der Waals surface area contributed by atoms with E-state index >= 15 is 0 Å². The van der Waals surface area contributed by atoms with Crippen LogP contribution >= 0.6 is 0 Å². The van der Waals surface area contributed by atoms with E-state index < -0.39 is 17.7 Å². The zero-order valence-electron chi connectivity index (χ0n) is 21.0. The van der Waals surface area contributed by atoms with E-state index in [-0.39, 0.29) is 23.6 Å². The third-order valence-corrected chi connectivity index (χ3v) is 6.56. The van der Waals surface area contributed by atoms with Crippen LogP contribution in [-0.4, -0.2) is 44.8 Å². The van der Waals surface area contributed by atoms with Gasteiger partial charge in [-0.1, -0.05) is 12.1 Å². The fourth-order valence-corrected chi connectivity index (χ4v) is 4.76. The lowest BCUT2D eigenvalue weighted by Crippen LogP contribution is -2.29. The molecule has 0 saturated carbocycles. The predicted molar refractivity (Wildman–Crippen MR) is 135 cm³/mol. The van der Waals surface area contributed by atoms with Gasteiger partial charge in [-0.3, -0.25) is 9.59 Å². The fraction of sp³-hybridized carbons (Fsp3) is 0.250. The highest BCUT2D eigenvalue weighted by atomic mass is 16.5. The van der Waals surface area contributed by atoms with Crippen molar-refractivity contribution in [1.82, 2.24) is 14.3 Å². The first-order valence-corrected chi connectivity index (χ1v) is 11.9. The maximum Gasteiger partial charge on any atom is 0.296 e. The van der Waals surface area contributed by atoms with E-state index in [0.29, 0.717) is 40.8 Å². The number of rotatable bonds is 7. The number of likely N-dealkylation sites (tertiary alicyclic amines) is 1. The van der Waals surface area contributed by atoms with Crippen LogP contribution in [0.5, 0.6) is 11.5 Å². The van der Waals surface area contributed by atoms with Crippen molar-refractivity contribution in [2.24, 2.45) is 0 Å². The number of nitrogens with zero attached hydrogens (tertiary/aromatic N) is 3. The summed E-state index contributed by atoms with van der Waals surface area (Å²) in [5.74, 6) is -0.391. The van der Waals surface area contributed by atoms with E-state index in [1.54, 1.807) is 30.3 Å². The highest BCUT2D eigenvalue weighted by molar-refractivity contribution is 6.46. The van der Waals surface area contributed by atoms with E-state index in [1.807, 2.05) is 43.5 Å². The van der Waals surface area contributed by atoms with Crippen LogP contribution in [0.4, 0.5) is 0 Å². The normalized spacial score (nSPS) is 17.1. The van der Waals surface area contributed by atoms with Crippen molar-refractivity contribution in [1.29, 1.82) is 0 Å². The van der Waals surface area contributed by atoms with Crippen LogP contribution in [0.3, 0.4) is 0 Å². The molecule has 3 aromatic heterocycles. The SMILES string of the molecule is CCOc1ccc(C2C(=C(O)c3nc4c(C)cccn4c3C)C(=O)C(=O)N2Cc2ccco2)cc1OC. The van der Waals surface area contributed by atoms with Crippen LogP contribution in [0.15, 0.2) is 64.9 Å². The van der Waals surface area contributed by atoms with Gasteiger partial charge in [0.2, 0.25) is 0 Å². The molecule has 37 heavy (non-hydrogen) atoms. The number of aryl methyl sites for hydroxylation is 2. The molecule has 0 aliphatic carbocycles. The summed E-state index contributed by atoms with van der Waals surface area (Å²) in [5, 5.41) is 11.5. The molecular formula is C28H27N3O6. The van der Waals surface area contributed by atoms with Gasteiger partial charge in [0, 0.05) is 6.20 Å². The average Bonchev–Trinajstić information content (AvgIpc) is 3.59. The van der Waals surface area contributed by atoms with Crippen molar-refractivity contribution >= 4 is 23.1 Å². The number of hydrogen-bond donors (Lipinski definition) is 1. The maximum atomic E-state index is 13.4. The number of amides is 1. The summed E-state index contributed by atoms with van der Waals surface area (Å²) in [6.45, 7) is 6.07. The minimum atomic E-state index is -0.903. The van der Waals surface area contributed by atoms with Crippen molar-refractivity contribution in [3.05, 3.63) is 88.8 Å². The minimum Gasteiger partial charge on any atom is -0.505 e. The van der Waals surface area contributed by atoms with Gasteiger partial charge in [0.1, 0.15) is 17.1 Å². The van der Waals surface area contributed by atoms with Crippen LogP contribution in [0, 0.1) is 13.8 Å². The zero-order valence-corrected chi connectivity index (χ0v) is 21.0. The highest BCUT2D eigenvalue weighted by Crippen LogP contribution is 2.43. The molecule has 1 fully saturated rings. The second-order valence-electron chi connectivity index (χ2n) is 8.78. The first-order valence-electron chi connectivity index (χ1n) is 11.9. The van der Waals surface area contributed by atoms with E-state index in [0.717, 1.165) is 5.56 Å². The largest absolute Gasteiger partial charge is 0.505 e. The number of benzene rings is 1. The van der Waals surface area contributed by atoms with Crippen molar-refractivity contribution in [2.45, 2.75) is 33.4 Å². The Morgan fingerprint density at radius 3 is 2.62 bits per heavy atom. The van der Waals surface area contributed by atoms with E-state index in [1.165, 1.54) is 18.3 Å². The number of fused-ring (bicyclic) bond motifs is 1. The van der Waals surface area contributed by atoms with Crippen LogP contribution in [-0.2, 0) is 16.1 Å². The lowest BCUT2D eigenvalue weighted by molar-refractivity contribution is -0.140. The van der Waals surface area contributed by atoms with Gasteiger partial charge in [0.05, 0.1) is 43.8 Å². The number of methoxy groups -OCH3 is 1. The summed E-state index contributed by atoms with van der Waals surface area (Å²) in [6, 6.07) is 11.5. The van der Waals surface area contributed by atoms with Gasteiger partial charge in [-0.05, 0) is 62.2 Å². The topological polar surface area (TPSA) is 107 Å². The number of aliphatic hydroxyl groups is 1. The molecule has 0 radical (unpaired) electrons.